The summed E-state index contributed by atoms with van der Waals surface area (Å²) in [5, 5.41) is 17.4. The average Bonchev–Trinajstić information content (AvgIpc) is 2.16. The van der Waals surface area contributed by atoms with Gasteiger partial charge in [0.2, 0.25) is 0 Å². The predicted octanol–water partition coefficient (Wildman–Crippen LogP) is 1.82. The third kappa shape index (κ3) is 2.53. The van der Waals surface area contributed by atoms with Gasteiger partial charge in [0.05, 0.1) is 12.0 Å². The van der Waals surface area contributed by atoms with Crippen molar-refractivity contribution in [3.05, 3.63) is 35.6 Å². The first-order chi connectivity index (χ1) is 6.27. The van der Waals surface area contributed by atoms with E-state index in [4.69, 9.17) is 10.4 Å². The molecular formula is C10H10FNO. The normalized spacial score (nSPS) is 12.1. The van der Waals surface area contributed by atoms with Crippen molar-refractivity contribution in [2.75, 3.05) is 6.61 Å². The standard InChI is InChI=1S/C10H10FNO/c11-10-3-1-8(2-4-10)9(7-12)5-6-13/h1-4,9,13H,5-6H2. The molecule has 1 aromatic carbocycles. The van der Waals surface area contributed by atoms with E-state index in [1.54, 1.807) is 12.1 Å². The second-order valence-corrected chi connectivity index (χ2v) is 2.75. The maximum absolute atomic E-state index is 12.5. The van der Waals surface area contributed by atoms with E-state index in [1.165, 1.54) is 12.1 Å². The van der Waals surface area contributed by atoms with Crippen LogP contribution in [0.15, 0.2) is 24.3 Å². The van der Waals surface area contributed by atoms with E-state index in [2.05, 4.69) is 6.07 Å². The number of nitriles is 1. The first-order valence-corrected chi connectivity index (χ1v) is 4.04. The number of hydrogen-bond donors (Lipinski definition) is 1. The molecule has 0 spiro atoms. The highest BCUT2D eigenvalue weighted by Gasteiger charge is 2.08. The van der Waals surface area contributed by atoms with Crippen LogP contribution in [0.1, 0.15) is 17.9 Å². The topological polar surface area (TPSA) is 44.0 Å². The maximum atomic E-state index is 12.5. The van der Waals surface area contributed by atoms with Gasteiger partial charge in [-0.2, -0.15) is 5.26 Å². The van der Waals surface area contributed by atoms with Gasteiger partial charge < -0.3 is 5.11 Å². The SMILES string of the molecule is N#CC(CCO)c1ccc(F)cc1. The quantitative estimate of drug-likeness (QED) is 0.769. The molecule has 1 unspecified atom stereocenters. The van der Waals surface area contributed by atoms with Crippen LogP contribution in [0.3, 0.4) is 0 Å². The Morgan fingerprint density at radius 3 is 2.46 bits per heavy atom. The van der Waals surface area contributed by atoms with Crippen molar-refractivity contribution in [1.82, 2.24) is 0 Å². The zero-order valence-corrected chi connectivity index (χ0v) is 7.07. The summed E-state index contributed by atoms with van der Waals surface area (Å²) in [5.74, 6) is -0.657. The molecule has 1 N–H and O–H groups in total. The zero-order valence-electron chi connectivity index (χ0n) is 7.07. The average molecular weight is 179 g/mol. The van der Waals surface area contributed by atoms with Gasteiger partial charge in [-0.25, -0.2) is 4.39 Å². The molecule has 0 aliphatic carbocycles. The number of nitrogens with zero attached hydrogens (tertiary/aromatic N) is 1. The highest BCUT2D eigenvalue weighted by atomic mass is 19.1. The minimum absolute atomic E-state index is 0.0321. The number of halogens is 1. The monoisotopic (exact) mass is 179 g/mol. The van der Waals surface area contributed by atoms with Crippen LogP contribution in [0.5, 0.6) is 0 Å². The second-order valence-electron chi connectivity index (χ2n) is 2.75. The predicted molar refractivity (Wildman–Crippen MR) is 46.5 cm³/mol. The van der Waals surface area contributed by atoms with Crippen LogP contribution < -0.4 is 0 Å². The number of aliphatic hydroxyl groups excluding tert-OH is 1. The van der Waals surface area contributed by atoms with E-state index in [0.717, 1.165) is 5.56 Å². The molecule has 0 fully saturated rings. The van der Waals surface area contributed by atoms with Crippen LogP contribution in [0, 0.1) is 17.1 Å². The van der Waals surface area contributed by atoms with Crippen molar-refractivity contribution in [2.45, 2.75) is 12.3 Å². The number of benzene rings is 1. The molecule has 1 aromatic rings. The van der Waals surface area contributed by atoms with E-state index in [1.807, 2.05) is 0 Å². The Bertz CT molecular complexity index is 302. The molecule has 0 aliphatic heterocycles. The Labute approximate surface area is 76.2 Å². The van der Waals surface area contributed by atoms with Gasteiger partial charge in [-0.15, -0.1) is 0 Å². The van der Waals surface area contributed by atoms with Crippen molar-refractivity contribution < 1.29 is 9.50 Å². The van der Waals surface area contributed by atoms with Crippen LogP contribution in [0.25, 0.3) is 0 Å². The summed E-state index contributed by atoms with van der Waals surface area (Å²) < 4.78 is 12.5. The van der Waals surface area contributed by atoms with Crippen molar-refractivity contribution >= 4 is 0 Å². The molecule has 0 amide bonds. The molecule has 3 heteroatoms. The van der Waals surface area contributed by atoms with Gasteiger partial charge in [0, 0.05) is 6.61 Å². The minimum Gasteiger partial charge on any atom is -0.396 e. The Hall–Kier alpha value is -1.40. The van der Waals surface area contributed by atoms with Crippen LogP contribution >= 0.6 is 0 Å². The third-order valence-electron chi connectivity index (χ3n) is 1.85. The molecule has 0 radical (unpaired) electrons. The molecule has 0 saturated carbocycles. The van der Waals surface area contributed by atoms with Crippen LogP contribution in [-0.2, 0) is 0 Å². The van der Waals surface area contributed by atoms with Crippen molar-refractivity contribution in [2.24, 2.45) is 0 Å². The number of hydrogen-bond acceptors (Lipinski definition) is 2. The summed E-state index contributed by atoms with van der Waals surface area (Å²) in [6.07, 6.45) is 0.391. The first kappa shape index (κ1) is 9.69. The summed E-state index contributed by atoms with van der Waals surface area (Å²) in [6.45, 7) is -0.0321. The highest BCUT2D eigenvalue weighted by Crippen LogP contribution is 2.18. The molecule has 0 heterocycles. The van der Waals surface area contributed by atoms with Gasteiger partial charge in [-0.3, -0.25) is 0 Å². The fourth-order valence-corrected chi connectivity index (χ4v) is 1.13. The van der Waals surface area contributed by atoms with E-state index in [-0.39, 0.29) is 18.3 Å². The van der Waals surface area contributed by atoms with Crippen molar-refractivity contribution in [1.29, 1.82) is 5.26 Å². The Kier molecular flexibility index (Phi) is 3.41. The lowest BCUT2D eigenvalue weighted by molar-refractivity contribution is 0.283. The smallest absolute Gasteiger partial charge is 0.123 e. The van der Waals surface area contributed by atoms with Gasteiger partial charge in [-0.05, 0) is 24.1 Å². The van der Waals surface area contributed by atoms with Crippen LogP contribution in [0.4, 0.5) is 4.39 Å². The van der Waals surface area contributed by atoms with Crippen LogP contribution in [-0.4, -0.2) is 11.7 Å². The number of rotatable bonds is 3. The van der Waals surface area contributed by atoms with E-state index >= 15 is 0 Å². The van der Waals surface area contributed by atoms with E-state index in [9.17, 15) is 4.39 Å². The van der Waals surface area contributed by atoms with E-state index in [0.29, 0.717) is 6.42 Å². The Morgan fingerprint density at radius 2 is 2.00 bits per heavy atom. The fourth-order valence-electron chi connectivity index (χ4n) is 1.13. The summed E-state index contributed by atoms with van der Waals surface area (Å²) >= 11 is 0. The molecule has 0 saturated heterocycles. The third-order valence-corrected chi connectivity index (χ3v) is 1.85. The Morgan fingerprint density at radius 1 is 1.38 bits per heavy atom. The first-order valence-electron chi connectivity index (χ1n) is 4.04. The van der Waals surface area contributed by atoms with Gasteiger partial charge >= 0.3 is 0 Å². The van der Waals surface area contributed by atoms with Crippen LogP contribution in [0.2, 0.25) is 0 Å². The number of aliphatic hydroxyl groups is 1. The molecule has 0 bridgehead atoms. The molecule has 0 aliphatic rings. The summed E-state index contributed by atoms with van der Waals surface area (Å²) in [6, 6.07) is 7.83. The largest absolute Gasteiger partial charge is 0.396 e. The summed E-state index contributed by atoms with van der Waals surface area (Å²) in [4.78, 5) is 0. The lowest BCUT2D eigenvalue weighted by atomic mass is 9.98. The maximum Gasteiger partial charge on any atom is 0.123 e. The van der Waals surface area contributed by atoms with Gasteiger partial charge in [0.1, 0.15) is 5.82 Å². The van der Waals surface area contributed by atoms with E-state index < -0.39 is 0 Å². The molecule has 1 rings (SSSR count). The molecule has 13 heavy (non-hydrogen) atoms. The lowest BCUT2D eigenvalue weighted by Gasteiger charge is -2.06. The lowest BCUT2D eigenvalue weighted by Crippen LogP contribution is -1.98. The molecule has 68 valence electrons. The zero-order chi connectivity index (χ0) is 9.68. The molecule has 2 nitrogen and oxygen atoms in total. The summed E-state index contributed by atoms with van der Waals surface area (Å²) in [7, 11) is 0. The minimum atomic E-state index is -0.342. The fraction of sp³-hybridized carbons (Fsp3) is 0.300. The Balaban J connectivity index is 2.81. The van der Waals surface area contributed by atoms with Crippen molar-refractivity contribution in [3.63, 3.8) is 0 Å². The highest BCUT2D eigenvalue weighted by molar-refractivity contribution is 5.25. The van der Waals surface area contributed by atoms with Gasteiger partial charge in [0.25, 0.3) is 0 Å². The molecular weight excluding hydrogens is 169 g/mol. The molecule has 1 atom stereocenters. The van der Waals surface area contributed by atoms with Crippen molar-refractivity contribution in [3.8, 4) is 6.07 Å². The second kappa shape index (κ2) is 4.58. The summed E-state index contributed by atoms with van der Waals surface area (Å²) in [5.41, 5.74) is 0.748. The molecule has 0 aromatic heterocycles. The van der Waals surface area contributed by atoms with Gasteiger partial charge in [-0.1, -0.05) is 12.1 Å². The van der Waals surface area contributed by atoms with Gasteiger partial charge in [0.15, 0.2) is 0 Å².